The Morgan fingerprint density at radius 3 is 2.33 bits per heavy atom. The first-order valence-electron chi connectivity index (χ1n) is 13.7. The number of unbranched alkanes of at least 4 members (excludes halogenated alkanes) is 1. The van der Waals surface area contributed by atoms with Crippen LogP contribution in [0.2, 0.25) is 0 Å². The molecule has 1 unspecified atom stereocenters. The number of amides is 2. The fraction of sp³-hybridized carbons (Fsp3) is 0.571. The fourth-order valence-electron chi connectivity index (χ4n) is 5.28. The zero-order valence-corrected chi connectivity index (χ0v) is 24.4. The normalized spacial score (nSPS) is 14.0. The predicted octanol–water partition coefficient (Wildman–Crippen LogP) is 4.94. The molecule has 3 aromatic rings. The number of aliphatic hydroxyl groups excluding tert-OH is 1. The average Bonchev–Trinajstić information content (AvgIpc) is 3.51. The van der Waals surface area contributed by atoms with E-state index in [1.54, 1.807) is 29.8 Å². The third kappa shape index (κ3) is 6.33. The summed E-state index contributed by atoms with van der Waals surface area (Å²) in [5.41, 5.74) is -1.08. The summed E-state index contributed by atoms with van der Waals surface area (Å²) in [7, 11) is 1.69. The number of carboxylic acid groups (broad SMARTS) is 1. The highest BCUT2D eigenvalue weighted by molar-refractivity contribution is 5.98. The molecule has 12 heteroatoms. The Kier molecular flexibility index (Phi) is 9.67. The Balaban J connectivity index is 2.32. The summed E-state index contributed by atoms with van der Waals surface area (Å²) in [6.07, 6.45) is 0.0509. The Hall–Kier alpha value is -3.80. The van der Waals surface area contributed by atoms with Crippen molar-refractivity contribution in [2.24, 2.45) is 12.5 Å². The number of anilines is 2. The minimum Gasteiger partial charge on any atom is -0.492 e. The number of aliphatic hydroxyl groups is 1. The highest BCUT2D eigenvalue weighted by Gasteiger charge is 2.53. The maximum absolute atomic E-state index is 13.5. The predicted molar refractivity (Wildman–Crippen MR) is 153 cm³/mol. The molecular formula is C28H42N6O6. The van der Waals surface area contributed by atoms with Crippen LogP contribution in [0.5, 0.6) is 11.5 Å². The van der Waals surface area contributed by atoms with Crippen LogP contribution in [0.3, 0.4) is 0 Å². The van der Waals surface area contributed by atoms with Crippen molar-refractivity contribution < 1.29 is 29.3 Å². The first-order chi connectivity index (χ1) is 18.9. The molecule has 2 heterocycles. The molecular weight excluding hydrogens is 516 g/mol. The summed E-state index contributed by atoms with van der Waals surface area (Å²) in [6.45, 7) is 12.3. The largest absolute Gasteiger partial charge is 0.492 e. The third-order valence-corrected chi connectivity index (χ3v) is 6.68. The quantitative estimate of drug-likeness (QED) is 0.230. The number of ether oxygens (including phenoxy) is 2. The topological polar surface area (TPSA) is 155 Å². The lowest BCUT2D eigenvalue weighted by Gasteiger charge is -2.47. The number of nitrogens with zero attached hydrogens (tertiary/aromatic N) is 4. The van der Waals surface area contributed by atoms with Gasteiger partial charge >= 0.3 is 6.09 Å². The molecule has 2 aromatic heterocycles. The van der Waals surface area contributed by atoms with Gasteiger partial charge in [-0.1, -0.05) is 40.5 Å². The number of H-pyrrole nitrogens is 1. The Morgan fingerprint density at radius 2 is 1.77 bits per heavy atom. The fourth-order valence-corrected chi connectivity index (χ4v) is 5.28. The summed E-state index contributed by atoms with van der Waals surface area (Å²) < 4.78 is 13.3. The number of hydrogen-bond acceptors (Lipinski definition) is 7. The zero-order chi connectivity index (χ0) is 29.7. The molecule has 40 heavy (non-hydrogen) atoms. The second-order valence-corrected chi connectivity index (χ2v) is 11.0. The Labute approximate surface area is 234 Å². The number of fused-ring (bicyclic) bond motifs is 1. The van der Waals surface area contributed by atoms with Gasteiger partial charge < -0.3 is 29.6 Å². The molecule has 12 nitrogen and oxygen atoms in total. The summed E-state index contributed by atoms with van der Waals surface area (Å²) in [6, 6.07) is 5.05. The number of nitrogens with one attached hydrogen (secondary N) is 2. The summed E-state index contributed by atoms with van der Waals surface area (Å²) in [5, 5.41) is 31.7. The van der Waals surface area contributed by atoms with Crippen molar-refractivity contribution in [2.75, 3.05) is 23.4 Å². The van der Waals surface area contributed by atoms with Gasteiger partial charge in [0.25, 0.3) is 5.91 Å². The van der Waals surface area contributed by atoms with Crippen molar-refractivity contribution >= 4 is 34.8 Å². The van der Waals surface area contributed by atoms with Crippen molar-refractivity contribution in [3.8, 4) is 11.5 Å². The summed E-state index contributed by atoms with van der Waals surface area (Å²) in [4.78, 5) is 32.6. The van der Waals surface area contributed by atoms with Gasteiger partial charge in [-0.05, 0) is 44.2 Å². The molecule has 0 saturated carbocycles. The van der Waals surface area contributed by atoms with Crippen LogP contribution in [0.25, 0.3) is 11.0 Å². The lowest BCUT2D eigenvalue weighted by molar-refractivity contribution is -0.128. The molecule has 3 rings (SSSR count). The number of carbonyl (C=O) groups excluding carboxylic acids is 1. The van der Waals surface area contributed by atoms with Gasteiger partial charge in [0.15, 0.2) is 6.10 Å². The standard InChI is InChI=1S/C28H42N6O6/c1-8-11-15-28(17-27(4,5)6,23(35)24(36)30-20-14-16-29-32-20)34(26(37)38)25-31-21-18(39-9-2)12-13-19(40-10-3)22(21)33(25)7/h12-14,16,23,35H,8-11,15,17H2,1-7H3,(H,37,38)(H2,29,30,32,36)/t23-,28?/m1/s1. The van der Waals surface area contributed by atoms with Gasteiger partial charge in [0.05, 0.1) is 24.9 Å². The third-order valence-electron chi connectivity index (χ3n) is 6.68. The number of imidazole rings is 1. The van der Waals surface area contributed by atoms with Crippen LogP contribution in [0.1, 0.15) is 67.2 Å². The molecule has 1 aromatic carbocycles. The van der Waals surface area contributed by atoms with Crippen molar-refractivity contribution in [3.05, 3.63) is 24.4 Å². The van der Waals surface area contributed by atoms with Gasteiger partial charge in [0.1, 0.15) is 28.4 Å². The first kappa shape index (κ1) is 30.7. The average molecular weight is 559 g/mol. The molecule has 0 aliphatic rings. The number of aryl methyl sites for hydroxylation is 1. The zero-order valence-electron chi connectivity index (χ0n) is 24.4. The van der Waals surface area contributed by atoms with E-state index in [4.69, 9.17) is 14.5 Å². The van der Waals surface area contributed by atoms with Crippen LogP contribution in [0, 0.1) is 5.41 Å². The molecule has 2 atom stereocenters. The molecule has 0 fully saturated rings. The van der Waals surface area contributed by atoms with Gasteiger partial charge in [-0.3, -0.25) is 9.89 Å². The molecule has 0 spiro atoms. The smallest absolute Gasteiger partial charge is 0.414 e. The van der Waals surface area contributed by atoms with Crippen LogP contribution >= 0.6 is 0 Å². The van der Waals surface area contributed by atoms with E-state index < -0.39 is 29.1 Å². The SMILES string of the molecule is CCCCC(CC(C)(C)C)([C@H](O)C(=O)Nc1ccn[nH]1)N(C(=O)O)c1nc2c(OCC)ccc(OCC)c2n1C. The molecule has 0 aliphatic heterocycles. The van der Waals surface area contributed by atoms with Crippen molar-refractivity contribution in [1.29, 1.82) is 0 Å². The van der Waals surface area contributed by atoms with E-state index in [0.29, 0.717) is 42.2 Å². The minimum absolute atomic E-state index is 0.0457. The van der Waals surface area contributed by atoms with E-state index >= 15 is 0 Å². The van der Waals surface area contributed by atoms with Crippen LogP contribution in [0.4, 0.5) is 16.6 Å². The molecule has 0 bridgehead atoms. The van der Waals surface area contributed by atoms with E-state index in [1.807, 2.05) is 41.5 Å². The van der Waals surface area contributed by atoms with Crippen LogP contribution < -0.4 is 19.7 Å². The van der Waals surface area contributed by atoms with E-state index in [9.17, 15) is 19.8 Å². The molecule has 4 N–H and O–H groups in total. The summed E-state index contributed by atoms with van der Waals surface area (Å²) in [5.74, 6) is 0.571. The lowest BCUT2D eigenvalue weighted by Crippen LogP contribution is -2.64. The minimum atomic E-state index is -1.74. The second kappa shape index (κ2) is 12.6. The summed E-state index contributed by atoms with van der Waals surface area (Å²) >= 11 is 0. The molecule has 0 radical (unpaired) electrons. The molecule has 220 valence electrons. The number of hydrogen-bond donors (Lipinski definition) is 4. The van der Waals surface area contributed by atoms with Crippen LogP contribution in [-0.2, 0) is 11.8 Å². The highest BCUT2D eigenvalue weighted by Crippen LogP contribution is 2.43. The van der Waals surface area contributed by atoms with E-state index in [0.717, 1.165) is 11.3 Å². The number of rotatable bonds is 13. The van der Waals surface area contributed by atoms with Gasteiger partial charge in [-0.2, -0.15) is 5.10 Å². The molecule has 0 aliphatic carbocycles. The monoisotopic (exact) mass is 558 g/mol. The van der Waals surface area contributed by atoms with Crippen LogP contribution in [-0.4, -0.2) is 66.8 Å². The van der Waals surface area contributed by atoms with Gasteiger partial charge in [-0.25, -0.2) is 14.7 Å². The van der Waals surface area contributed by atoms with Crippen molar-refractivity contribution in [2.45, 2.75) is 78.9 Å². The number of aromatic amines is 1. The van der Waals surface area contributed by atoms with E-state index in [2.05, 4.69) is 15.5 Å². The lowest BCUT2D eigenvalue weighted by atomic mass is 9.72. The second-order valence-electron chi connectivity index (χ2n) is 11.0. The van der Waals surface area contributed by atoms with Gasteiger partial charge in [-0.15, -0.1) is 0 Å². The number of benzene rings is 1. The maximum Gasteiger partial charge on any atom is 0.414 e. The van der Waals surface area contributed by atoms with Crippen molar-refractivity contribution in [1.82, 2.24) is 19.7 Å². The maximum atomic E-state index is 13.5. The number of carbonyl (C=O) groups is 2. The molecule has 2 amide bonds. The van der Waals surface area contributed by atoms with Gasteiger partial charge in [0, 0.05) is 13.1 Å². The van der Waals surface area contributed by atoms with Crippen LogP contribution in [0.15, 0.2) is 24.4 Å². The number of aromatic nitrogens is 4. The van der Waals surface area contributed by atoms with Gasteiger partial charge in [0.2, 0.25) is 5.95 Å². The van der Waals surface area contributed by atoms with Crippen molar-refractivity contribution in [3.63, 3.8) is 0 Å². The van der Waals surface area contributed by atoms with E-state index in [1.165, 1.54) is 6.20 Å². The first-order valence-corrected chi connectivity index (χ1v) is 13.7. The molecule has 0 saturated heterocycles. The highest BCUT2D eigenvalue weighted by atomic mass is 16.5. The Bertz CT molecular complexity index is 1300. The van der Waals surface area contributed by atoms with E-state index in [-0.39, 0.29) is 24.6 Å². The Morgan fingerprint density at radius 1 is 1.12 bits per heavy atom.